The summed E-state index contributed by atoms with van der Waals surface area (Å²) in [6, 6.07) is 8.06. The number of nitrogens with one attached hydrogen (secondary N) is 1. The highest BCUT2D eigenvalue weighted by atomic mass is 16.5. The number of aromatic amines is 1. The molecule has 0 aliphatic carbocycles. The number of rotatable bonds is 5. The maximum atomic E-state index is 12.3. The van der Waals surface area contributed by atoms with E-state index in [-0.39, 0.29) is 5.91 Å². The summed E-state index contributed by atoms with van der Waals surface area (Å²) in [6.45, 7) is 3.23. The molecule has 1 saturated heterocycles. The van der Waals surface area contributed by atoms with Gasteiger partial charge in [-0.3, -0.25) is 9.89 Å². The Morgan fingerprint density at radius 1 is 1.30 bits per heavy atom. The van der Waals surface area contributed by atoms with Crippen LogP contribution in [-0.2, 0) is 11.2 Å². The maximum Gasteiger partial charge on any atom is 0.223 e. The van der Waals surface area contributed by atoms with Gasteiger partial charge >= 0.3 is 0 Å². The average Bonchev–Trinajstić information content (AvgIpc) is 3.13. The van der Waals surface area contributed by atoms with Crippen molar-refractivity contribution in [1.82, 2.24) is 15.1 Å². The molecule has 0 spiro atoms. The molecule has 1 aromatic heterocycles. The van der Waals surface area contributed by atoms with Crippen molar-refractivity contribution < 1.29 is 9.53 Å². The van der Waals surface area contributed by atoms with E-state index in [0.717, 1.165) is 49.6 Å². The van der Waals surface area contributed by atoms with Gasteiger partial charge in [0.25, 0.3) is 0 Å². The molecule has 1 aromatic carbocycles. The number of aryl methyl sites for hydroxylation is 1. The van der Waals surface area contributed by atoms with E-state index in [0.29, 0.717) is 6.42 Å². The topological polar surface area (TPSA) is 61.5 Å². The number of hydrogen-bond acceptors (Lipinski definition) is 4. The Kier molecular flexibility index (Phi) is 4.80. The molecule has 2 heterocycles. The number of aromatic nitrogens is 2. The summed E-state index contributed by atoms with van der Waals surface area (Å²) < 4.78 is 5.27. The largest absolute Gasteiger partial charge is 0.497 e. The molecule has 1 aliphatic heterocycles. The second-order valence-electron chi connectivity index (χ2n) is 5.68. The first-order chi connectivity index (χ1) is 11.3. The summed E-state index contributed by atoms with van der Waals surface area (Å²) in [7, 11) is 1.68. The molecule has 1 aliphatic rings. The minimum absolute atomic E-state index is 0.219. The number of nitrogens with zero attached hydrogens (tertiary/aromatic N) is 3. The Hall–Kier alpha value is -2.50. The highest BCUT2D eigenvalue weighted by Gasteiger charge is 2.21. The van der Waals surface area contributed by atoms with Crippen molar-refractivity contribution >= 4 is 11.6 Å². The Morgan fingerprint density at radius 2 is 2.13 bits per heavy atom. The second kappa shape index (κ2) is 7.17. The smallest absolute Gasteiger partial charge is 0.223 e. The molecule has 6 nitrogen and oxygen atoms in total. The van der Waals surface area contributed by atoms with Crippen LogP contribution in [0.5, 0.6) is 5.75 Å². The fraction of sp³-hybridized carbons (Fsp3) is 0.412. The van der Waals surface area contributed by atoms with Crippen LogP contribution >= 0.6 is 0 Å². The molecule has 1 fully saturated rings. The van der Waals surface area contributed by atoms with Crippen LogP contribution < -0.4 is 9.64 Å². The standard InChI is InChI=1S/C17H22N4O2/c1-23-16-4-2-3-15(11-16)20-7-9-21(10-8-20)17(22)6-5-14-12-18-19-13-14/h2-4,11-13H,5-10H2,1H3,(H,18,19). The van der Waals surface area contributed by atoms with Gasteiger partial charge < -0.3 is 14.5 Å². The Morgan fingerprint density at radius 3 is 2.83 bits per heavy atom. The first kappa shape index (κ1) is 15.4. The minimum Gasteiger partial charge on any atom is -0.497 e. The van der Waals surface area contributed by atoms with Crippen LogP contribution in [0.2, 0.25) is 0 Å². The highest BCUT2D eigenvalue weighted by Crippen LogP contribution is 2.22. The molecule has 0 unspecified atom stereocenters. The van der Waals surface area contributed by atoms with Gasteiger partial charge in [0.15, 0.2) is 0 Å². The van der Waals surface area contributed by atoms with E-state index in [1.165, 1.54) is 0 Å². The van der Waals surface area contributed by atoms with Crippen molar-refractivity contribution in [3.05, 3.63) is 42.2 Å². The Balaban J connectivity index is 1.50. The lowest BCUT2D eigenvalue weighted by Gasteiger charge is -2.36. The fourth-order valence-electron chi connectivity index (χ4n) is 2.84. The number of amides is 1. The zero-order valence-corrected chi connectivity index (χ0v) is 13.4. The van der Waals surface area contributed by atoms with Gasteiger partial charge in [0.2, 0.25) is 5.91 Å². The van der Waals surface area contributed by atoms with E-state index >= 15 is 0 Å². The van der Waals surface area contributed by atoms with Crippen molar-refractivity contribution in [2.45, 2.75) is 12.8 Å². The molecule has 1 amide bonds. The van der Waals surface area contributed by atoms with E-state index < -0.39 is 0 Å². The highest BCUT2D eigenvalue weighted by molar-refractivity contribution is 5.76. The molecule has 0 bridgehead atoms. The molecule has 6 heteroatoms. The number of piperazine rings is 1. The van der Waals surface area contributed by atoms with Crippen LogP contribution in [0.25, 0.3) is 0 Å². The van der Waals surface area contributed by atoms with Gasteiger partial charge in [-0.05, 0) is 24.1 Å². The molecule has 0 radical (unpaired) electrons. The SMILES string of the molecule is COc1cccc(N2CCN(C(=O)CCc3cn[nH]c3)CC2)c1. The van der Waals surface area contributed by atoms with Crippen molar-refractivity contribution in [2.24, 2.45) is 0 Å². The number of anilines is 1. The van der Waals surface area contributed by atoms with E-state index in [2.05, 4.69) is 21.2 Å². The third-order valence-electron chi connectivity index (χ3n) is 4.23. The number of H-pyrrole nitrogens is 1. The van der Waals surface area contributed by atoms with Gasteiger partial charge in [0, 0.05) is 50.6 Å². The fourth-order valence-corrected chi connectivity index (χ4v) is 2.84. The van der Waals surface area contributed by atoms with Crippen molar-refractivity contribution in [3.8, 4) is 5.75 Å². The molecular formula is C17H22N4O2. The van der Waals surface area contributed by atoms with E-state index in [1.807, 2.05) is 29.3 Å². The number of benzene rings is 1. The zero-order chi connectivity index (χ0) is 16.1. The predicted molar refractivity (Wildman–Crippen MR) is 88.7 cm³/mol. The van der Waals surface area contributed by atoms with Gasteiger partial charge in [0.05, 0.1) is 13.3 Å². The van der Waals surface area contributed by atoms with Gasteiger partial charge in [-0.1, -0.05) is 6.07 Å². The zero-order valence-electron chi connectivity index (χ0n) is 13.4. The van der Waals surface area contributed by atoms with Crippen LogP contribution in [0.4, 0.5) is 5.69 Å². The van der Waals surface area contributed by atoms with Crippen LogP contribution in [0.1, 0.15) is 12.0 Å². The first-order valence-corrected chi connectivity index (χ1v) is 7.90. The summed E-state index contributed by atoms with van der Waals surface area (Å²) in [5.74, 6) is 1.08. The van der Waals surface area contributed by atoms with E-state index in [9.17, 15) is 4.79 Å². The molecule has 2 aromatic rings. The van der Waals surface area contributed by atoms with E-state index in [1.54, 1.807) is 13.3 Å². The molecule has 0 saturated carbocycles. The van der Waals surface area contributed by atoms with Gasteiger partial charge in [-0.25, -0.2) is 0 Å². The Bertz CT molecular complexity index is 634. The average molecular weight is 314 g/mol. The van der Waals surface area contributed by atoms with Crippen LogP contribution in [-0.4, -0.2) is 54.3 Å². The Labute approximate surface area is 136 Å². The van der Waals surface area contributed by atoms with Crippen LogP contribution in [0, 0.1) is 0 Å². The third-order valence-corrected chi connectivity index (χ3v) is 4.23. The summed E-state index contributed by atoms with van der Waals surface area (Å²) in [6.07, 6.45) is 4.89. The van der Waals surface area contributed by atoms with Crippen molar-refractivity contribution in [2.75, 3.05) is 38.2 Å². The summed E-state index contributed by atoms with van der Waals surface area (Å²) in [5, 5.41) is 6.68. The first-order valence-electron chi connectivity index (χ1n) is 7.90. The van der Waals surface area contributed by atoms with E-state index in [4.69, 9.17) is 4.74 Å². The van der Waals surface area contributed by atoms with Crippen molar-refractivity contribution in [3.63, 3.8) is 0 Å². The lowest BCUT2D eigenvalue weighted by molar-refractivity contribution is -0.131. The van der Waals surface area contributed by atoms with Crippen LogP contribution in [0.15, 0.2) is 36.7 Å². The second-order valence-corrected chi connectivity index (χ2v) is 5.68. The van der Waals surface area contributed by atoms with Gasteiger partial charge in [0.1, 0.15) is 5.75 Å². The van der Waals surface area contributed by atoms with Gasteiger partial charge in [-0.15, -0.1) is 0 Å². The number of carbonyl (C=O) groups excluding carboxylic acids is 1. The lowest BCUT2D eigenvalue weighted by atomic mass is 10.1. The molecule has 0 atom stereocenters. The molecule has 1 N–H and O–H groups in total. The van der Waals surface area contributed by atoms with Gasteiger partial charge in [-0.2, -0.15) is 5.10 Å². The summed E-state index contributed by atoms with van der Waals surface area (Å²) in [5.41, 5.74) is 2.23. The summed E-state index contributed by atoms with van der Waals surface area (Å²) in [4.78, 5) is 16.5. The molecule has 3 rings (SSSR count). The number of hydrogen-bond donors (Lipinski definition) is 1. The molecular weight excluding hydrogens is 292 g/mol. The molecule has 23 heavy (non-hydrogen) atoms. The monoisotopic (exact) mass is 314 g/mol. The molecule has 122 valence electrons. The third kappa shape index (κ3) is 3.83. The lowest BCUT2D eigenvalue weighted by Crippen LogP contribution is -2.48. The quantitative estimate of drug-likeness (QED) is 0.912. The predicted octanol–water partition coefficient (Wildman–Crippen LogP) is 1.70. The number of carbonyl (C=O) groups is 1. The number of methoxy groups -OCH3 is 1. The minimum atomic E-state index is 0.219. The van der Waals surface area contributed by atoms with Crippen LogP contribution in [0.3, 0.4) is 0 Å². The number of ether oxygens (including phenoxy) is 1. The normalized spacial score (nSPS) is 14.8. The maximum absolute atomic E-state index is 12.3. The summed E-state index contributed by atoms with van der Waals surface area (Å²) >= 11 is 0. The van der Waals surface area contributed by atoms with Crippen molar-refractivity contribution in [1.29, 1.82) is 0 Å².